The molecule has 6 nitrogen and oxygen atoms in total. The fraction of sp³-hybridized carbons (Fsp3) is 0.280. The number of carboxylic acid groups (broad SMARTS) is 1. The van der Waals surface area contributed by atoms with Gasteiger partial charge in [-0.2, -0.15) is 5.10 Å². The maximum atomic E-state index is 10.9. The first kappa shape index (κ1) is 19.4. The van der Waals surface area contributed by atoms with Crippen LogP contribution in [-0.4, -0.2) is 30.8 Å². The Morgan fingerprint density at radius 2 is 2.10 bits per heavy atom. The number of fused-ring (bicyclic) bond motifs is 2. The molecule has 1 N–H and O–H groups in total. The minimum atomic E-state index is -0.756. The second-order valence-corrected chi connectivity index (χ2v) is 8.12. The van der Waals surface area contributed by atoms with Gasteiger partial charge >= 0.3 is 5.97 Å². The number of nitrogens with zero attached hydrogens (tertiary/aromatic N) is 4. The van der Waals surface area contributed by atoms with Crippen molar-refractivity contribution >= 4 is 16.9 Å². The van der Waals surface area contributed by atoms with Crippen LogP contribution >= 0.6 is 0 Å². The minimum Gasteiger partial charge on any atom is -0.481 e. The zero-order valence-electron chi connectivity index (χ0n) is 17.5. The lowest BCUT2D eigenvalue weighted by Crippen LogP contribution is -1.96. The quantitative estimate of drug-likeness (QED) is 0.491. The van der Waals surface area contributed by atoms with Crippen LogP contribution in [-0.2, 0) is 24.2 Å². The monoisotopic (exact) mass is 412 g/mol. The molecular formula is C25H24N4O2. The van der Waals surface area contributed by atoms with E-state index in [1.54, 1.807) is 0 Å². The van der Waals surface area contributed by atoms with E-state index < -0.39 is 5.97 Å². The average molecular weight is 412 g/mol. The van der Waals surface area contributed by atoms with E-state index in [0.717, 1.165) is 70.5 Å². The molecule has 0 bridgehead atoms. The highest BCUT2D eigenvalue weighted by Crippen LogP contribution is 2.39. The van der Waals surface area contributed by atoms with Crippen LogP contribution in [0.15, 0.2) is 48.7 Å². The number of carboxylic acids is 1. The van der Waals surface area contributed by atoms with E-state index in [1.165, 1.54) is 5.69 Å². The molecule has 0 unspecified atom stereocenters. The zero-order valence-corrected chi connectivity index (χ0v) is 17.5. The third-order valence-electron chi connectivity index (χ3n) is 5.90. The molecule has 0 radical (unpaired) electrons. The molecule has 5 rings (SSSR count). The molecule has 0 aliphatic carbocycles. The van der Waals surface area contributed by atoms with Crippen molar-refractivity contribution in [3.05, 3.63) is 65.6 Å². The number of rotatable bonds is 6. The zero-order chi connectivity index (χ0) is 21.4. The summed E-state index contributed by atoms with van der Waals surface area (Å²) in [6, 6.07) is 14.4. The second-order valence-electron chi connectivity index (χ2n) is 8.12. The molecule has 0 amide bonds. The summed E-state index contributed by atoms with van der Waals surface area (Å²) in [5.41, 5.74) is 8.35. The molecule has 6 heteroatoms. The first-order chi connectivity index (χ1) is 15.1. The molecular weight excluding hydrogens is 388 g/mol. The van der Waals surface area contributed by atoms with Crippen LogP contribution in [0.2, 0.25) is 0 Å². The van der Waals surface area contributed by atoms with E-state index in [-0.39, 0.29) is 6.42 Å². The number of pyridine rings is 2. The predicted molar refractivity (Wildman–Crippen MR) is 120 cm³/mol. The van der Waals surface area contributed by atoms with E-state index >= 15 is 0 Å². The normalized spacial score (nSPS) is 12.9. The van der Waals surface area contributed by atoms with E-state index in [2.05, 4.69) is 21.8 Å². The Morgan fingerprint density at radius 3 is 2.94 bits per heavy atom. The highest BCUT2D eigenvalue weighted by molar-refractivity contribution is 5.99. The Kier molecular flexibility index (Phi) is 4.98. The van der Waals surface area contributed by atoms with E-state index in [0.29, 0.717) is 6.42 Å². The van der Waals surface area contributed by atoms with E-state index in [9.17, 15) is 4.79 Å². The summed E-state index contributed by atoms with van der Waals surface area (Å²) in [6.45, 7) is 2.93. The molecule has 31 heavy (non-hydrogen) atoms. The van der Waals surface area contributed by atoms with Crippen molar-refractivity contribution in [2.45, 2.75) is 45.6 Å². The SMILES string of the molecule is Cc1cccc(-c2nn3c(c2-c2ccnc4ccc(CCCC(=O)O)cc24)CCC3)n1. The average Bonchev–Trinajstić information content (AvgIpc) is 3.34. The van der Waals surface area contributed by atoms with Gasteiger partial charge < -0.3 is 5.11 Å². The van der Waals surface area contributed by atoms with Gasteiger partial charge in [0.15, 0.2) is 0 Å². The lowest BCUT2D eigenvalue weighted by Gasteiger charge is -2.10. The maximum absolute atomic E-state index is 10.9. The molecule has 3 aromatic heterocycles. The summed E-state index contributed by atoms with van der Waals surface area (Å²) in [7, 11) is 0. The molecule has 0 fully saturated rings. The number of carbonyl (C=O) groups is 1. The summed E-state index contributed by atoms with van der Waals surface area (Å²) >= 11 is 0. The predicted octanol–water partition coefficient (Wildman–Crippen LogP) is 4.82. The van der Waals surface area contributed by atoms with Gasteiger partial charge in [-0.15, -0.1) is 0 Å². The molecule has 0 saturated carbocycles. The Hall–Kier alpha value is -3.54. The van der Waals surface area contributed by atoms with Gasteiger partial charge in [0.05, 0.1) is 11.2 Å². The van der Waals surface area contributed by atoms with Crippen LogP contribution in [0, 0.1) is 6.92 Å². The lowest BCUT2D eigenvalue weighted by molar-refractivity contribution is -0.137. The van der Waals surface area contributed by atoms with Crippen LogP contribution in [0.5, 0.6) is 0 Å². The minimum absolute atomic E-state index is 0.179. The molecule has 0 saturated heterocycles. The van der Waals surface area contributed by atoms with Gasteiger partial charge in [0, 0.05) is 41.5 Å². The third-order valence-corrected chi connectivity index (χ3v) is 5.90. The molecule has 4 heterocycles. The first-order valence-electron chi connectivity index (χ1n) is 10.7. The highest BCUT2D eigenvalue weighted by Gasteiger charge is 2.25. The van der Waals surface area contributed by atoms with Gasteiger partial charge in [-0.1, -0.05) is 12.1 Å². The van der Waals surface area contributed by atoms with Crippen molar-refractivity contribution in [3.8, 4) is 22.5 Å². The van der Waals surface area contributed by atoms with Crippen molar-refractivity contribution in [2.24, 2.45) is 0 Å². The van der Waals surface area contributed by atoms with Crippen LogP contribution in [0.1, 0.15) is 36.2 Å². The van der Waals surface area contributed by atoms with Gasteiger partial charge in [-0.25, -0.2) is 0 Å². The van der Waals surface area contributed by atoms with Crippen molar-refractivity contribution in [1.29, 1.82) is 0 Å². The molecule has 0 atom stereocenters. The Labute approximate surface area is 180 Å². The number of hydrogen-bond acceptors (Lipinski definition) is 4. The van der Waals surface area contributed by atoms with Crippen molar-refractivity contribution in [2.75, 3.05) is 0 Å². The van der Waals surface area contributed by atoms with E-state index in [4.69, 9.17) is 15.2 Å². The largest absolute Gasteiger partial charge is 0.481 e. The van der Waals surface area contributed by atoms with Gasteiger partial charge in [-0.3, -0.25) is 19.4 Å². The standard InChI is InChI=1S/C25H24N4O2/c1-16-5-2-7-21(27-16)25-24(22-8-4-14-29(22)28-25)18-12-13-26-20-11-10-17(15-19(18)20)6-3-9-23(30)31/h2,5,7,10-13,15H,3-4,6,8-9,14H2,1H3,(H,30,31). The molecule has 4 aromatic rings. The van der Waals surface area contributed by atoms with Crippen molar-refractivity contribution < 1.29 is 9.90 Å². The number of hydrogen-bond donors (Lipinski definition) is 1. The third kappa shape index (κ3) is 3.69. The van der Waals surface area contributed by atoms with Gasteiger partial charge in [0.2, 0.25) is 0 Å². The fourth-order valence-corrected chi connectivity index (χ4v) is 4.48. The maximum Gasteiger partial charge on any atom is 0.303 e. The van der Waals surface area contributed by atoms with E-state index in [1.807, 2.05) is 43.5 Å². The molecule has 1 aliphatic rings. The molecule has 1 aliphatic heterocycles. The topological polar surface area (TPSA) is 80.9 Å². The number of benzene rings is 1. The lowest BCUT2D eigenvalue weighted by atomic mass is 9.95. The molecule has 156 valence electrons. The van der Waals surface area contributed by atoms with Gasteiger partial charge in [0.1, 0.15) is 5.69 Å². The van der Waals surface area contributed by atoms with Crippen LogP contribution < -0.4 is 0 Å². The summed E-state index contributed by atoms with van der Waals surface area (Å²) in [5.74, 6) is -0.756. The molecule has 1 aromatic carbocycles. The smallest absolute Gasteiger partial charge is 0.303 e. The van der Waals surface area contributed by atoms with Crippen molar-refractivity contribution in [3.63, 3.8) is 0 Å². The van der Waals surface area contributed by atoms with Crippen LogP contribution in [0.4, 0.5) is 0 Å². The van der Waals surface area contributed by atoms with Crippen LogP contribution in [0.3, 0.4) is 0 Å². The van der Waals surface area contributed by atoms with Gasteiger partial charge in [0.25, 0.3) is 0 Å². The summed E-state index contributed by atoms with van der Waals surface area (Å²) < 4.78 is 2.12. The number of aliphatic carboxylic acids is 1. The number of aryl methyl sites for hydroxylation is 3. The number of aromatic nitrogens is 4. The molecule has 0 spiro atoms. The summed E-state index contributed by atoms with van der Waals surface area (Å²) in [4.78, 5) is 20.2. The van der Waals surface area contributed by atoms with Crippen molar-refractivity contribution in [1.82, 2.24) is 19.7 Å². The summed E-state index contributed by atoms with van der Waals surface area (Å²) in [6.07, 6.45) is 5.48. The second kappa shape index (κ2) is 7.95. The Bertz CT molecular complexity index is 1290. The van der Waals surface area contributed by atoms with Gasteiger partial charge in [-0.05, 0) is 74.1 Å². The van der Waals surface area contributed by atoms with Crippen LogP contribution in [0.25, 0.3) is 33.4 Å². The Morgan fingerprint density at radius 1 is 1.19 bits per heavy atom. The highest BCUT2D eigenvalue weighted by atomic mass is 16.4. The fourth-order valence-electron chi connectivity index (χ4n) is 4.48. The Balaban J connectivity index is 1.66. The first-order valence-corrected chi connectivity index (χ1v) is 10.7. The summed E-state index contributed by atoms with van der Waals surface area (Å²) in [5, 5.41) is 15.0.